The summed E-state index contributed by atoms with van der Waals surface area (Å²) in [6.45, 7) is 1.64. The van der Waals surface area contributed by atoms with Crippen molar-refractivity contribution in [1.29, 1.82) is 5.26 Å². The summed E-state index contributed by atoms with van der Waals surface area (Å²) in [4.78, 5) is 12.3. The number of halogens is 2. The van der Waals surface area contributed by atoms with Crippen molar-refractivity contribution in [2.24, 2.45) is 0 Å². The molecule has 2 aromatic carbocycles. The van der Waals surface area contributed by atoms with Gasteiger partial charge in [0.1, 0.15) is 5.75 Å². The van der Waals surface area contributed by atoms with Gasteiger partial charge in [-0.3, -0.25) is 4.79 Å². The van der Waals surface area contributed by atoms with E-state index in [2.05, 4.69) is 0 Å². The molecule has 0 spiro atoms. The predicted molar refractivity (Wildman–Crippen MR) is 82.0 cm³/mol. The first-order valence-electron chi connectivity index (χ1n) is 6.17. The Kier molecular flexibility index (Phi) is 4.85. The summed E-state index contributed by atoms with van der Waals surface area (Å²) in [6.07, 6.45) is -0.698. The van der Waals surface area contributed by atoms with E-state index in [0.717, 1.165) is 0 Å². The van der Waals surface area contributed by atoms with E-state index in [4.69, 9.17) is 33.2 Å². The molecule has 0 saturated carbocycles. The monoisotopic (exact) mass is 319 g/mol. The summed E-state index contributed by atoms with van der Waals surface area (Å²) in [6, 6.07) is 13.3. The molecule has 21 heavy (non-hydrogen) atoms. The third-order valence-electron chi connectivity index (χ3n) is 2.86. The second kappa shape index (κ2) is 6.62. The number of hydrogen-bond acceptors (Lipinski definition) is 3. The molecule has 0 amide bonds. The zero-order valence-electron chi connectivity index (χ0n) is 11.1. The number of carbonyl (C=O) groups is 1. The number of ether oxygens (including phenoxy) is 1. The lowest BCUT2D eigenvalue weighted by Gasteiger charge is -2.14. The van der Waals surface area contributed by atoms with Crippen LogP contribution >= 0.6 is 23.2 Å². The first-order valence-corrected chi connectivity index (χ1v) is 6.93. The van der Waals surface area contributed by atoms with E-state index in [1.807, 2.05) is 6.07 Å². The number of nitriles is 1. The molecule has 0 bridgehead atoms. The average Bonchev–Trinajstić information content (AvgIpc) is 2.47. The van der Waals surface area contributed by atoms with E-state index in [1.165, 1.54) is 6.07 Å². The maximum atomic E-state index is 12.3. The Bertz CT molecular complexity index is 705. The molecule has 0 aromatic heterocycles. The van der Waals surface area contributed by atoms with E-state index in [9.17, 15) is 4.79 Å². The van der Waals surface area contributed by atoms with E-state index < -0.39 is 6.10 Å². The fourth-order valence-corrected chi connectivity index (χ4v) is 2.28. The van der Waals surface area contributed by atoms with Crippen molar-refractivity contribution in [3.63, 3.8) is 0 Å². The normalized spacial score (nSPS) is 11.5. The van der Waals surface area contributed by atoms with Gasteiger partial charge in [-0.2, -0.15) is 5.26 Å². The molecule has 2 aromatic rings. The van der Waals surface area contributed by atoms with Gasteiger partial charge in [0, 0.05) is 10.6 Å². The molecule has 0 heterocycles. The Hall–Kier alpha value is -2.02. The van der Waals surface area contributed by atoms with Crippen molar-refractivity contribution < 1.29 is 9.53 Å². The van der Waals surface area contributed by atoms with E-state index in [-0.39, 0.29) is 5.78 Å². The number of hydrogen-bond donors (Lipinski definition) is 0. The van der Waals surface area contributed by atoms with Crippen molar-refractivity contribution in [2.45, 2.75) is 13.0 Å². The first kappa shape index (κ1) is 15.4. The Labute approximate surface area is 132 Å². The van der Waals surface area contributed by atoms with Crippen molar-refractivity contribution in [3.8, 4) is 11.8 Å². The molecule has 0 aliphatic rings. The van der Waals surface area contributed by atoms with Crippen molar-refractivity contribution in [1.82, 2.24) is 0 Å². The standard InChI is InChI=1S/C16H11Cl2NO2/c1-10(21-13-5-2-11(9-19)3-6-13)16(20)14-7-4-12(17)8-15(14)18/h2-8,10H,1H3. The number of Topliss-reactive ketones (excluding diaryl/α,β-unsaturated/α-hetero) is 1. The SMILES string of the molecule is CC(Oc1ccc(C#N)cc1)C(=O)c1ccc(Cl)cc1Cl. The molecule has 0 N–H and O–H groups in total. The summed E-state index contributed by atoms with van der Waals surface area (Å²) in [5, 5.41) is 9.49. The van der Waals surface area contributed by atoms with Crippen LogP contribution in [0, 0.1) is 11.3 Å². The molecule has 0 aliphatic heterocycles. The number of nitrogens with zero attached hydrogens (tertiary/aromatic N) is 1. The largest absolute Gasteiger partial charge is 0.483 e. The summed E-state index contributed by atoms with van der Waals surface area (Å²) < 4.78 is 5.56. The molecule has 3 nitrogen and oxygen atoms in total. The van der Waals surface area contributed by atoms with Crippen LogP contribution in [0.5, 0.6) is 5.75 Å². The molecule has 0 radical (unpaired) electrons. The molecule has 2 rings (SSSR count). The molecular weight excluding hydrogens is 309 g/mol. The van der Waals surface area contributed by atoms with Gasteiger partial charge in [0.15, 0.2) is 6.10 Å². The molecular formula is C16H11Cl2NO2. The van der Waals surface area contributed by atoms with Gasteiger partial charge in [0.25, 0.3) is 0 Å². The number of rotatable bonds is 4. The second-order valence-corrected chi connectivity index (χ2v) is 5.23. The van der Waals surface area contributed by atoms with Crippen LogP contribution in [0.25, 0.3) is 0 Å². The van der Waals surface area contributed by atoms with Crippen LogP contribution < -0.4 is 4.74 Å². The maximum Gasteiger partial charge on any atom is 0.204 e. The minimum absolute atomic E-state index is 0.235. The van der Waals surface area contributed by atoms with Gasteiger partial charge >= 0.3 is 0 Å². The molecule has 0 fully saturated rings. The highest BCUT2D eigenvalue weighted by molar-refractivity contribution is 6.37. The minimum atomic E-state index is -0.698. The van der Waals surface area contributed by atoms with Gasteiger partial charge in [-0.25, -0.2) is 0 Å². The third-order valence-corrected chi connectivity index (χ3v) is 3.41. The van der Waals surface area contributed by atoms with Crippen LogP contribution in [-0.4, -0.2) is 11.9 Å². The van der Waals surface area contributed by atoms with Gasteiger partial charge in [-0.15, -0.1) is 0 Å². The summed E-state index contributed by atoms with van der Waals surface area (Å²) >= 11 is 11.8. The summed E-state index contributed by atoms with van der Waals surface area (Å²) in [5.74, 6) is 0.279. The smallest absolute Gasteiger partial charge is 0.204 e. The highest BCUT2D eigenvalue weighted by atomic mass is 35.5. The van der Waals surface area contributed by atoms with E-state index in [1.54, 1.807) is 43.3 Å². The molecule has 0 saturated heterocycles. The molecule has 1 atom stereocenters. The Balaban J connectivity index is 2.13. The summed E-state index contributed by atoms with van der Waals surface area (Å²) in [7, 11) is 0. The zero-order chi connectivity index (χ0) is 15.4. The molecule has 0 aliphatic carbocycles. The van der Waals surface area contributed by atoms with Gasteiger partial charge < -0.3 is 4.74 Å². The Morgan fingerprint density at radius 1 is 1.19 bits per heavy atom. The third kappa shape index (κ3) is 3.75. The van der Waals surface area contributed by atoms with Gasteiger partial charge in [0.2, 0.25) is 5.78 Å². The topological polar surface area (TPSA) is 50.1 Å². The Morgan fingerprint density at radius 2 is 1.86 bits per heavy atom. The van der Waals surface area contributed by atoms with Gasteiger partial charge in [0.05, 0.1) is 16.7 Å². The second-order valence-electron chi connectivity index (χ2n) is 4.38. The number of carbonyl (C=O) groups excluding carboxylic acids is 1. The lowest BCUT2D eigenvalue weighted by atomic mass is 10.1. The molecule has 5 heteroatoms. The van der Waals surface area contributed by atoms with Crippen LogP contribution in [0.2, 0.25) is 10.0 Å². The van der Waals surface area contributed by atoms with E-state index >= 15 is 0 Å². The van der Waals surface area contributed by atoms with Gasteiger partial charge in [-0.1, -0.05) is 23.2 Å². The first-order chi connectivity index (χ1) is 10.0. The highest BCUT2D eigenvalue weighted by Crippen LogP contribution is 2.23. The van der Waals surface area contributed by atoms with E-state index in [0.29, 0.717) is 26.9 Å². The summed E-state index contributed by atoms with van der Waals surface area (Å²) in [5.41, 5.74) is 0.893. The zero-order valence-corrected chi connectivity index (χ0v) is 12.7. The van der Waals surface area contributed by atoms with Gasteiger partial charge in [-0.05, 0) is 49.4 Å². The van der Waals surface area contributed by atoms with Crippen LogP contribution in [-0.2, 0) is 0 Å². The maximum absolute atomic E-state index is 12.3. The van der Waals surface area contributed by atoms with Crippen LogP contribution in [0.4, 0.5) is 0 Å². The fourth-order valence-electron chi connectivity index (χ4n) is 1.77. The minimum Gasteiger partial charge on any atom is -0.483 e. The Morgan fingerprint density at radius 3 is 2.43 bits per heavy atom. The molecule has 106 valence electrons. The van der Waals surface area contributed by atoms with Crippen LogP contribution in [0.1, 0.15) is 22.8 Å². The fraction of sp³-hybridized carbons (Fsp3) is 0.125. The predicted octanol–water partition coefficient (Wildman–Crippen LogP) is 4.52. The van der Waals surface area contributed by atoms with Crippen molar-refractivity contribution >= 4 is 29.0 Å². The lowest BCUT2D eigenvalue weighted by molar-refractivity contribution is 0.0818. The number of ketones is 1. The lowest BCUT2D eigenvalue weighted by Crippen LogP contribution is -2.24. The number of benzene rings is 2. The van der Waals surface area contributed by atoms with Crippen molar-refractivity contribution in [2.75, 3.05) is 0 Å². The molecule has 1 unspecified atom stereocenters. The highest BCUT2D eigenvalue weighted by Gasteiger charge is 2.19. The van der Waals surface area contributed by atoms with Crippen molar-refractivity contribution in [3.05, 3.63) is 63.6 Å². The average molecular weight is 320 g/mol. The van der Waals surface area contributed by atoms with Crippen LogP contribution in [0.3, 0.4) is 0 Å². The quantitative estimate of drug-likeness (QED) is 0.779. The van der Waals surface area contributed by atoms with Crippen LogP contribution in [0.15, 0.2) is 42.5 Å².